The smallest absolute Gasteiger partial charge is 0.140 e. The fraction of sp³-hybridized carbons (Fsp3) is 0. The van der Waals surface area contributed by atoms with E-state index < -0.39 is 11.6 Å². The predicted octanol–water partition coefficient (Wildman–Crippen LogP) is 2.80. The molecule has 6 heteroatoms. The predicted molar refractivity (Wildman–Crippen MR) is 65.7 cm³/mol. The van der Waals surface area contributed by atoms with E-state index in [9.17, 15) is 8.78 Å². The van der Waals surface area contributed by atoms with E-state index in [0.717, 1.165) is 17.8 Å². The van der Waals surface area contributed by atoms with Gasteiger partial charge in [0.15, 0.2) is 0 Å². The summed E-state index contributed by atoms with van der Waals surface area (Å²) in [6.07, 6.45) is 1.52. The number of benzene rings is 1. The van der Waals surface area contributed by atoms with E-state index in [2.05, 4.69) is 4.98 Å². The quantitative estimate of drug-likeness (QED) is 0.662. The third-order valence-electron chi connectivity index (χ3n) is 2.16. The second kappa shape index (κ2) is 5.14. The molecular weight excluding hydrogens is 256 g/mol. The van der Waals surface area contributed by atoms with E-state index in [1.54, 1.807) is 12.1 Å². The van der Waals surface area contributed by atoms with Crippen molar-refractivity contribution >= 4 is 17.6 Å². The van der Waals surface area contributed by atoms with Crippen molar-refractivity contribution in [2.45, 2.75) is 9.92 Å². The molecule has 18 heavy (non-hydrogen) atoms. The zero-order chi connectivity index (χ0) is 13.1. The van der Waals surface area contributed by atoms with Gasteiger partial charge in [-0.25, -0.2) is 13.8 Å². The zero-order valence-corrected chi connectivity index (χ0v) is 9.97. The molecule has 0 aliphatic carbocycles. The fourth-order valence-electron chi connectivity index (χ4n) is 1.34. The lowest BCUT2D eigenvalue weighted by Gasteiger charge is -2.07. The van der Waals surface area contributed by atoms with E-state index in [1.807, 2.05) is 0 Å². The zero-order valence-electron chi connectivity index (χ0n) is 9.15. The first-order valence-electron chi connectivity index (χ1n) is 5.00. The average Bonchev–Trinajstić information content (AvgIpc) is 2.33. The maximum atomic E-state index is 13.5. The monoisotopic (exact) mass is 265 g/mol. The van der Waals surface area contributed by atoms with E-state index in [0.29, 0.717) is 10.6 Å². The van der Waals surface area contributed by atoms with Gasteiger partial charge >= 0.3 is 0 Å². The highest BCUT2D eigenvalue weighted by atomic mass is 32.2. The summed E-state index contributed by atoms with van der Waals surface area (Å²) in [5, 5.41) is 7.81. The van der Waals surface area contributed by atoms with Crippen molar-refractivity contribution in [2.24, 2.45) is 5.73 Å². The van der Waals surface area contributed by atoms with Crippen LogP contribution in [0.5, 0.6) is 0 Å². The molecule has 0 radical (unpaired) electrons. The Morgan fingerprint density at radius 2 is 2.06 bits per heavy atom. The normalized spacial score (nSPS) is 10.3. The molecule has 0 amide bonds. The lowest BCUT2D eigenvalue weighted by Crippen LogP contribution is -2.12. The highest BCUT2D eigenvalue weighted by Crippen LogP contribution is 2.30. The number of nitrogens with two attached hydrogens (primary N) is 1. The first-order chi connectivity index (χ1) is 8.58. The molecule has 0 fully saturated rings. The minimum absolute atomic E-state index is 0.145. The largest absolute Gasteiger partial charge is 0.384 e. The Balaban J connectivity index is 2.37. The van der Waals surface area contributed by atoms with Gasteiger partial charge in [0.1, 0.15) is 22.5 Å². The van der Waals surface area contributed by atoms with Crippen LogP contribution in [-0.4, -0.2) is 10.8 Å². The molecule has 2 aromatic rings. The minimum Gasteiger partial charge on any atom is -0.384 e. The summed E-state index contributed by atoms with van der Waals surface area (Å²) >= 11 is 1.00. The molecule has 0 unspecified atom stereocenters. The number of aromatic nitrogens is 1. The number of amidine groups is 1. The maximum absolute atomic E-state index is 13.5. The van der Waals surface area contributed by atoms with Crippen LogP contribution >= 0.6 is 11.8 Å². The molecule has 3 nitrogen and oxygen atoms in total. The van der Waals surface area contributed by atoms with Crippen LogP contribution in [0.1, 0.15) is 5.56 Å². The number of pyridine rings is 1. The van der Waals surface area contributed by atoms with Gasteiger partial charge in [-0.3, -0.25) is 5.41 Å². The van der Waals surface area contributed by atoms with Gasteiger partial charge in [-0.05, 0) is 24.3 Å². The molecule has 0 saturated heterocycles. The molecule has 0 aliphatic heterocycles. The molecule has 3 N–H and O–H groups in total. The summed E-state index contributed by atoms with van der Waals surface area (Å²) in [5.74, 6) is -1.45. The summed E-state index contributed by atoms with van der Waals surface area (Å²) in [5.41, 5.74) is 5.83. The number of rotatable bonds is 3. The number of nitrogen functional groups attached to an aromatic ring is 1. The molecular formula is C12H9F2N3S. The minimum atomic E-state index is -0.667. The molecule has 0 atom stereocenters. The van der Waals surface area contributed by atoms with Crippen LogP contribution < -0.4 is 5.73 Å². The molecule has 0 aliphatic rings. The third-order valence-corrected chi connectivity index (χ3v) is 3.23. The molecule has 1 aromatic carbocycles. The topological polar surface area (TPSA) is 62.8 Å². The van der Waals surface area contributed by atoms with Crippen molar-refractivity contribution < 1.29 is 8.78 Å². The van der Waals surface area contributed by atoms with Crippen LogP contribution in [0, 0.1) is 17.0 Å². The number of nitrogens with zero attached hydrogens (tertiary/aromatic N) is 1. The van der Waals surface area contributed by atoms with Crippen LogP contribution in [0.4, 0.5) is 8.78 Å². The van der Waals surface area contributed by atoms with Gasteiger partial charge in [-0.2, -0.15) is 0 Å². The van der Waals surface area contributed by atoms with Gasteiger partial charge in [-0.15, -0.1) is 0 Å². The second-order valence-electron chi connectivity index (χ2n) is 3.45. The lowest BCUT2D eigenvalue weighted by molar-refractivity contribution is 0.565. The molecule has 0 bridgehead atoms. The Labute approximate surface area is 107 Å². The SMILES string of the molecule is N=C(N)c1cccnc1Sc1ccc(F)cc1F. The first kappa shape index (κ1) is 12.5. The van der Waals surface area contributed by atoms with E-state index in [1.165, 1.54) is 18.3 Å². The van der Waals surface area contributed by atoms with Crippen LogP contribution in [-0.2, 0) is 0 Å². The van der Waals surface area contributed by atoms with E-state index in [4.69, 9.17) is 11.1 Å². The van der Waals surface area contributed by atoms with Crippen molar-refractivity contribution in [3.05, 3.63) is 53.7 Å². The van der Waals surface area contributed by atoms with Crippen molar-refractivity contribution in [3.63, 3.8) is 0 Å². The summed E-state index contributed by atoms with van der Waals surface area (Å²) in [7, 11) is 0. The summed E-state index contributed by atoms with van der Waals surface area (Å²) in [6, 6.07) is 6.56. The van der Waals surface area contributed by atoms with Crippen LogP contribution in [0.15, 0.2) is 46.5 Å². The van der Waals surface area contributed by atoms with E-state index >= 15 is 0 Å². The Morgan fingerprint density at radius 3 is 2.72 bits per heavy atom. The van der Waals surface area contributed by atoms with Crippen LogP contribution in [0.3, 0.4) is 0 Å². The number of halogens is 2. The Hall–Kier alpha value is -1.95. The molecule has 1 heterocycles. The van der Waals surface area contributed by atoms with Gasteiger partial charge in [0.05, 0.1) is 0 Å². The second-order valence-corrected chi connectivity index (χ2v) is 4.48. The number of hydrogen-bond acceptors (Lipinski definition) is 3. The highest BCUT2D eigenvalue weighted by Gasteiger charge is 2.11. The van der Waals surface area contributed by atoms with Crippen molar-refractivity contribution in [1.29, 1.82) is 5.41 Å². The summed E-state index contributed by atoms with van der Waals surface area (Å²) < 4.78 is 26.3. The number of hydrogen-bond donors (Lipinski definition) is 2. The van der Waals surface area contributed by atoms with E-state index in [-0.39, 0.29) is 10.7 Å². The third kappa shape index (κ3) is 2.65. The lowest BCUT2D eigenvalue weighted by atomic mass is 10.3. The van der Waals surface area contributed by atoms with Gasteiger partial charge in [0, 0.05) is 22.7 Å². The van der Waals surface area contributed by atoms with Crippen LogP contribution in [0.25, 0.3) is 0 Å². The van der Waals surface area contributed by atoms with Crippen molar-refractivity contribution in [2.75, 3.05) is 0 Å². The Kier molecular flexibility index (Phi) is 3.57. The summed E-state index contributed by atoms with van der Waals surface area (Å²) in [6.45, 7) is 0. The molecule has 0 saturated carbocycles. The van der Waals surface area contributed by atoms with Crippen molar-refractivity contribution in [3.8, 4) is 0 Å². The molecule has 92 valence electrons. The molecule has 0 spiro atoms. The fourth-order valence-corrected chi connectivity index (χ4v) is 2.24. The highest BCUT2D eigenvalue weighted by molar-refractivity contribution is 7.99. The molecule has 1 aromatic heterocycles. The van der Waals surface area contributed by atoms with Gasteiger partial charge in [0.25, 0.3) is 0 Å². The standard InChI is InChI=1S/C12H9F2N3S/c13-7-3-4-10(9(14)6-7)18-12-8(11(15)16)2-1-5-17-12/h1-6H,(H3,15,16). The Bertz CT molecular complexity index is 602. The van der Waals surface area contributed by atoms with Crippen molar-refractivity contribution in [1.82, 2.24) is 4.98 Å². The number of nitrogens with one attached hydrogen (secondary N) is 1. The summed E-state index contributed by atoms with van der Waals surface area (Å²) in [4.78, 5) is 4.27. The average molecular weight is 265 g/mol. The van der Waals surface area contributed by atoms with Gasteiger partial charge in [-0.1, -0.05) is 11.8 Å². The first-order valence-corrected chi connectivity index (χ1v) is 5.82. The van der Waals surface area contributed by atoms with Gasteiger partial charge < -0.3 is 5.73 Å². The Morgan fingerprint density at radius 1 is 1.28 bits per heavy atom. The maximum Gasteiger partial charge on any atom is 0.140 e. The molecule has 2 rings (SSSR count). The van der Waals surface area contributed by atoms with Crippen LogP contribution in [0.2, 0.25) is 0 Å². The van der Waals surface area contributed by atoms with Gasteiger partial charge in [0.2, 0.25) is 0 Å².